The van der Waals surface area contributed by atoms with Crippen LogP contribution in [0.15, 0.2) is 42.1 Å². The zero-order valence-electron chi connectivity index (χ0n) is 17.9. The van der Waals surface area contributed by atoms with Crippen LogP contribution in [0.1, 0.15) is 22.8 Å². The molecule has 0 bridgehead atoms. The topological polar surface area (TPSA) is 67.9 Å². The Bertz CT molecular complexity index is 1040. The molecule has 2 aromatic rings. The van der Waals surface area contributed by atoms with E-state index in [1.807, 2.05) is 19.0 Å². The van der Waals surface area contributed by atoms with E-state index >= 15 is 0 Å². The number of benzene rings is 2. The van der Waals surface area contributed by atoms with Gasteiger partial charge in [0.1, 0.15) is 5.57 Å². The number of Topliss-reactive ketones (excluding diaryl/α,β-unsaturated/α-hetero) is 1. The molecule has 0 aliphatic carbocycles. The van der Waals surface area contributed by atoms with Gasteiger partial charge in [-0.25, -0.2) is 13.6 Å². The first-order valence-corrected chi connectivity index (χ1v) is 9.59. The number of ketones is 1. The van der Waals surface area contributed by atoms with Crippen LogP contribution in [0.2, 0.25) is 0 Å². The van der Waals surface area contributed by atoms with E-state index in [4.69, 9.17) is 4.74 Å². The number of halogens is 5. The van der Waals surface area contributed by atoms with Gasteiger partial charge in [-0.2, -0.15) is 13.2 Å². The molecule has 0 radical (unpaired) electrons. The van der Waals surface area contributed by atoms with E-state index in [9.17, 15) is 31.5 Å². The zero-order chi connectivity index (χ0) is 24.7. The molecule has 0 fully saturated rings. The lowest BCUT2D eigenvalue weighted by molar-refractivity contribution is -0.138. The van der Waals surface area contributed by atoms with Crippen molar-refractivity contribution in [2.45, 2.75) is 20.1 Å². The van der Waals surface area contributed by atoms with Crippen LogP contribution in [-0.2, 0) is 16.1 Å². The lowest BCUT2D eigenvalue weighted by atomic mass is 10.0. The summed E-state index contributed by atoms with van der Waals surface area (Å²) in [7, 11) is 3.78. The molecule has 0 spiro atoms. The van der Waals surface area contributed by atoms with Gasteiger partial charge in [-0.05, 0) is 44.8 Å². The van der Waals surface area contributed by atoms with E-state index in [0.29, 0.717) is 12.2 Å². The second kappa shape index (κ2) is 11.4. The molecule has 33 heavy (non-hydrogen) atoms. The average molecular weight is 472 g/mol. The van der Waals surface area contributed by atoms with Gasteiger partial charge < -0.3 is 19.7 Å². The highest BCUT2D eigenvalue weighted by atomic mass is 19.3. The second-order valence-electron chi connectivity index (χ2n) is 6.93. The predicted octanol–water partition coefficient (Wildman–Crippen LogP) is 4.51. The molecule has 6 nitrogen and oxygen atoms in total. The lowest BCUT2D eigenvalue weighted by Crippen LogP contribution is -2.20. The molecular weight excluding hydrogens is 451 g/mol. The van der Waals surface area contributed by atoms with E-state index in [-0.39, 0.29) is 12.7 Å². The Kier molecular flexibility index (Phi) is 8.92. The number of carbonyl (C=O) groups excluding carboxylic acids is 2. The fourth-order valence-electron chi connectivity index (χ4n) is 2.74. The van der Waals surface area contributed by atoms with Gasteiger partial charge in [-0.15, -0.1) is 0 Å². The fourth-order valence-corrected chi connectivity index (χ4v) is 2.74. The van der Waals surface area contributed by atoms with E-state index in [2.05, 4.69) is 10.1 Å². The van der Waals surface area contributed by atoms with Gasteiger partial charge in [-0.3, -0.25) is 4.79 Å². The standard InChI is InChI=1S/C22H21F5N2O4/c1-4-32-21(31)15(10-28-13-7-5-12(6-8-13)11-29(2)3)19(30)14-9-16(23)18(25)20(17(14)24)33-22(26)27/h5-10,22,28H,4,11H2,1-3H3. The number of ether oxygens (including phenoxy) is 2. The van der Waals surface area contributed by atoms with Crippen molar-refractivity contribution in [2.75, 3.05) is 26.0 Å². The second-order valence-corrected chi connectivity index (χ2v) is 6.93. The molecule has 2 rings (SSSR count). The Labute approximate surface area is 186 Å². The minimum Gasteiger partial charge on any atom is -0.462 e. The van der Waals surface area contributed by atoms with Gasteiger partial charge in [0.25, 0.3) is 0 Å². The third-order valence-electron chi connectivity index (χ3n) is 4.14. The van der Waals surface area contributed by atoms with Crippen LogP contribution in [0.5, 0.6) is 5.75 Å². The maximum atomic E-state index is 14.6. The van der Waals surface area contributed by atoms with Crippen LogP contribution in [0.25, 0.3) is 0 Å². The maximum absolute atomic E-state index is 14.6. The number of hydrogen-bond donors (Lipinski definition) is 1. The summed E-state index contributed by atoms with van der Waals surface area (Å²) in [5.41, 5.74) is -0.541. The van der Waals surface area contributed by atoms with Crippen molar-refractivity contribution in [1.29, 1.82) is 0 Å². The van der Waals surface area contributed by atoms with Crippen LogP contribution in [0.4, 0.5) is 27.6 Å². The van der Waals surface area contributed by atoms with Gasteiger partial charge in [-0.1, -0.05) is 12.1 Å². The summed E-state index contributed by atoms with van der Waals surface area (Å²) >= 11 is 0. The molecule has 0 saturated heterocycles. The molecule has 0 aromatic heterocycles. The maximum Gasteiger partial charge on any atom is 0.387 e. The number of esters is 1. The normalized spacial score (nSPS) is 11.6. The number of carbonyl (C=O) groups is 2. The number of nitrogens with zero attached hydrogens (tertiary/aromatic N) is 1. The van der Waals surface area contributed by atoms with Crippen molar-refractivity contribution in [3.8, 4) is 5.75 Å². The average Bonchev–Trinajstić information content (AvgIpc) is 2.74. The summed E-state index contributed by atoms with van der Waals surface area (Å²) in [5, 5.41) is 2.67. The van der Waals surface area contributed by atoms with Crippen molar-refractivity contribution >= 4 is 17.4 Å². The zero-order valence-corrected chi connectivity index (χ0v) is 17.9. The van der Waals surface area contributed by atoms with Crippen molar-refractivity contribution < 1.29 is 41.0 Å². The summed E-state index contributed by atoms with van der Waals surface area (Å²) in [4.78, 5) is 27.0. The third kappa shape index (κ3) is 6.75. The van der Waals surface area contributed by atoms with E-state index < -0.39 is 52.7 Å². The quantitative estimate of drug-likeness (QED) is 0.104. The van der Waals surface area contributed by atoms with E-state index in [1.54, 1.807) is 24.3 Å². The Morgan fingerprint density at radius 1 is 1.09 bits per heavy atom. The molecule has 0 unspecified atom stereocenters. The highest BCUT2D eigenvalue weighted by molar-refractivity contribution is 6.24. The van der Waals surface area contributed by atoms with Crippen LogP contribution in [0.3, 0.4) is 0 Å². The van der Waals surface area contributed by atoms with Crippen molar-refractivity contribution in [3.63, 3.8) is 0 Å². The SMILES string of the molecule is CCOC(=O)C(=CNc1ccc(CN(C)C)cc1)C(=O)c1cc(F)c(F)c(OC(F)F)c1F. The molecule has 0 aliphatic rings. The Hall–Kier alpha value is -3.47. The van der Waals surface area contributed by atoms with Crippen molar-refractivity contribution in [2.24, 2.45) is 0 Å². The number of hydrogen-bond acceptors (Lipinski definition) is 6. The molecule has 0 heterocycles. The number of alkyl halides is 2. The minimum absolute atomic E-state index is 0.147. The van der Waals surface area contributed by atoms with Crippen LogP contribution >= 0.6 is 0 Å². The van der Waals surface area contributed by atoms with Gasteiger partial charge in [0, 0.05) is 18.4 Å². The smallest absolute Gasteiger partial charge is 0.387 e. The molecule has 11 heteroatoms. The van der Waals surface area contributed by atoms with E-state index in [0.717, 1.165) is 11.8 Å². The Morgan fingerprint density at radius 2 is 1.73 bits per heavy atom. The van der Waals surface area contributed by atoms with Crippen molar-refractivity contribution in [3.05, 3.63) is 70.7 Å². The summed E-state index contributed by atoms with van der Waals surface area (Å²) in [5.74, 6) is -10.1. The van der Waals surface area contributed by atoms with Gasteiger partial charge in [0.05, 0.1) is 12.2 Å². The highest BCUT2D eigenvalue weighted by Gasteiger charge is 2.30. The molecule has 0 amide bonds. The molecule has 1 N–H and O–H groups in total. The third-order valence-corrected chi connectivity index (χ3v) is 4.14. The lowest BCUT2D eigenvalue weighted by Gasteiger charge is -2.13. The molecular formula is C22H21F5N2O4. The fraction of sp³-hybridized carbons (Fsp3) is 0.273. The summed E-state index contributed by atoms with van der Waals surface area (Å²) in [6.07, 6.45) is 0.898. The van der Waals surface area contributed by atoms with Crippen LogP contribution in [-0.4, -0.2) is 44.0 Å². The summed E-state index contributed by atoms with van der Waals surface area (Å²) in [6.45, 7) is -1.72. The van der Waals surface area contributed by atoms with Gasteiger partial charge in [0.15, 0.2) is 11.6 Å². The van der Waals surface area contributed by atoms with Gasteiger partial charge in [0.2, 0.25) is 17.3 Å². The van der Waals surface area contributed by atoms with E-state index in [1.165, 1.54) is 6.92 Å². The minimum atomic E-state index is -3.68. The molecule has 0 saturated carbocycles. The largest absolute Gasteiger partial charge is 0.462 e. The van der Waals surface area contributed by atoms with Gasteiger partial charge >= 0.3 is 12.6 Å². The number of rotatable bonds is 10. The first-order valence-electron chi connectivity index (χ1n) is 9.59. The number of nitrogens with one attached hydrogen (secondary N) is 1. The predicted molar refractivity (Wildman–Crippen MR) is 109 cm³/mol. The summed E-state index contributed by atoms with van der Waals surface area (Å²) in [6, 6.07) is 7.01. The van der Waals surface area contributed by atoms with Crippen LogP contribution in [0, 0.1) is 17.5 Å². The first kappa shape index (κ1) is 25.8. The Morgan fingerprint density at radius 3 is 2.27 bits per heavy atom. The summed E-state index contributed by atoms with van der Waals surface area (Å²) < 4.78 is 75.5. The molecule has 0 atom stereocenters. The number of anilines is 1. The van der Waals surface area contributed by atoms with Crippen LogP contribution < -0.4 is 10.1 Å². The molecule has 0 aliphatic heterocycles. The highest BCUT2D eigenvalue weighted by Crippen LogP contribution is 2.30. The monoisotopic (exact) mass is 472 g/mol. The molecule has 178 valence electrons. The molecule has 2 aromatic carbocycles. The van der Waals surface area contributed by atoms with Crippen molar-refractivity contribution in [1.82, 2.24) is 4.90 Å². The first-order chi connectivity index (χ1) is 15.5. The Balaban J connectivity index is 2.43.